The lowest BCUT2D eigenvalue weighted by Gasteiger charge is -2.37. The highest BCUT2D eigenvalue weighted by Crippen LogP contribution is 2.36. The second kappa shape index (κ2) is 6.87. The minimum absolute atomic E-state index is 0.0657. The van der Waals surface area contributed by atoms with Crippen molar-refractivity contribution in [3.8, 4) is 0 Å². The Hall–Kier alpha value is -1.38. The van der Waals surface area contributed by atoms with Crippen LogP contribution in [0.25, 0.3) is 0 Å². The van der Waals surface area contributed by atoms with Crippen molar-refractivity contribution < 1.29 is 4.79 Å². The molecule has 2 aliphatic rings. The fourth-order valence-corrected chi connectivity index (χ4v) is 3.11. The summed E-state index contributed by atoms with van der Waals surface area (Å²) in [7, 11) is 0. The first kappa shape index (κ1) is 15.0. The molecule has 0 bridgehead atoms. The maximum atomic E-state index is 12.6. The topological polar surface area (TPSA) is 32.7 Å². The van der Waals surface area contributed by atoms with Crippen LogP contribution in [0.3, 0.4) is 0 Å². The Labute approximate surface area is 122 Å². The number of amides is 1. The van der Waals surface area contributed by atoms with E-state index in [0.29, 0.717) is 0 Å². The summed E-state index contributed by atoms with van der Waals surface area (Å²) in [5.41, 5.74) is -0.402. The van der Waals surface area contributed by atoms with Crippen molar-refractivity contribution in [1.29, 1.82) is 0 Å². The highest BCUT2D eigenvalue weighted by Gasteiger charge is 2.48. The largest absolute Gasteiger partial charge is 0.318 e. The maximum Gasteiger partial charge on any atom is 0.273 e. The zero-order valence-corrected chi connectivity index (χ0v) is 12.8. The molecule has 0 N–H and O–H groups in total. The molecular formula is C17H26N2O. The van der Waals surface area contributed by atoms with Crippen molar-refractivity contribution in [3.63, 3.8) is 0 Å². The van der Waals surface area contributed by atoms with Gasteiger partial charge < -0.3 is 4.90 Å². The third kappa shape index (κ3) is 2.87. The Balaban J connectivity index is 2.15. The molecule has 0 aromatic heterocycles. The molecule has 0 atom stereocenters. The molecule has 3 nitrogen and oxygen atoms in total. The Morgan fingerprint density at radius 1 is 1.05 bits per heavy atom. The van der Waals surface area contributed by atoms with Gasteiger partial charge in [0.2, 0.25) is 0 Å². The first-order valence-electron chi connectivity index (χ1n) is 8.02. The van der Waals surface area contributed by atoms with Gasteiger partial charge in [-0.1, -0.05) is 58.4 Å². The Kier molecular flexibility index (Phi) is 5.16. The van der Waals surface area contributed by atoms with E-state index in [1.807, 2.05) is 24.4 Å². The number of aliphatic imine (C=N–C) groups is 1. The molecule has 3 heteroatoms. The number of carbonyl (C=O) groups excluding carboxylic acids is 1. The van der Waals surface area contributed by atoms with E-state index in [2.05, 4.69) is 23.7 Å². The van der Waals surface area contributed by atoms with Crippen LogP contribution in [-0.4, -0.2) is 22.2 Å². The smallest absolute Gasteiger partial charge is 0.273 e. The van der Waals surface area contributed by atoms with Gasteiger partial charge in [0.1, 0.15) is 11.4 Å². The van der Waals surface area contributed by atoms with Crippen molar-refractivity contribution in [2.75, 3.05) is 0 Å². The summed E-state index contributed by atoms with van der Waals surface area (Å²) in [6.07, 6.45) is 16.7. The summed E-state index contributed by atoms with van der Waals surface area (Å²) in [4.78, 5) is 19.0. The molecule has 2 aliphatic heterocycles. The van der Waals surface area contributed by atoms with Crippen LogP contribution in [0, 0.1) is 0 Å². The monoisotopic (exact) mass is 274 g/mol. The Bertz CT molecular complexity index is 424. The van der Waals surface area contributed by atoms with Gasteiger partial charge in [0.05, 0.1) is 0 Å². The summed E-state index contributed by atoms with van der Waals surface area (Å²) >= 11 is 0. The molecular weight excluding hydrogens is 248 g/mol. The summed E-state index contributed by atoms with van der Waals surface area (Å²) in [6, 6.07) is 0. The lowest BCUT2D eigenvalue weighted by Crippen LogP contribution is -2.49. The van der Waals surface area contributed by atoms with Crippen LogP contribution in [0.4, 0.5) is 0 Å². The lowest BCUT2D eigenvalue weighted by molar-refractivity contribution is -0.125. The molecule has 0 fully saturated rings. The predicted molar refractivity (Wildman–Crippen MR) is 83.6 cm³/mol. The van der Waals surface area contributed by atoms with Crippen molar-refractivity contribution >= 4 is 11.7 Å². The van der Waals surface area contributed by atoms with E-state index in [0.717, 1.165) is 31.5 Å². The zero-order chi connectivity index (χ0) is 14.4. The summed E-state index contributed by atoms with van der Waals surface area (Å²) in [5, 5.41) is 0. The van der Waals surface area contributed by atoms with Crippen molar-refractivity contribution in [1.82, 2.24) is 4.90 Å². The van der Waals surface area contributed by atoms with Crippen molar-refractivity contribution in [2.24, 2.45) is 4.99 Å². The molecule has 0 saturated carbocycles. The molecule has 0 aliphatic carbocycles. The number of amidine groups is 1. The molecule has 0 saturated heterocycles. The van der Waals surface area contributed by atoms with E-state index < -0.39 is 5.54 Å². The third-order valence-electron chi connectivity index (χ3n) is 4.30. The average Bonchev–Trinajstić information content (AvgIpc) is 2.73. The van der Waals surface area contributed by atoms with Crippen LogP contribution in [0.5, 0.6) is 0 Å². The molecule has 1 amide bonds. The number of nitrogens with zero attached hydrogens (tertiary/aromatic N) is 2. The van der Waals surface area contributed by atoms with E-state index in [-0.39, 0.29) is 5.91 Å². The molecule has 0 aromatic rings. The van der Waals surface area contributed by atoms with Crippen LogP contribution < -0.4 is 0 Å². The van der Waals surface area contributed by atoms with Gasteiger partial charge in [0.15, 0.2) is 0 Å². The minimum Gasteiger partial charge on any atom is -0.318 e. The number of unbranched alkanes of at least 4 members (excludes halogenated alkanes) is 4. The minimum atomic E-state index is -0.402. The molecule has 20 heavy (non-hydrogen) atoms. The summed E-state index contributed by atoms with van der Waals surface area (Å²) in [5.74, 6) is 0.890. The van der Waals surface area contributed by atoms with Crippen LogP contribution in [0.1, 0.15) is 65.2 Å². The number of allylic oxidation sites excluding steroid dienone is 2. The molecule has 2 rings (SSSR count). The molecule has 0 unspecified atom stereocenters. The molecule has 0 aromatic carbocycles. The van der Waals surface area contributed by atoms with Gasteiger partial charge in [-0.2, -0.15) is 4.99 Å². The first-order chi connectivity index (χ1) is 9.74. The molecule has 0 radical (unpaired) electrons. The van der Waals surface area contributed by atoms with E-state index in [9.17, 15) is 4.79 Å². The van der Waals surface area contributed by atoms with E-state index in [1.165, 1.54) is 25.7 Å². The fourth-order valence-electron chi connectivity index (χ4n) is 3.11. The zero-order valence-electron chi connectivity index (χ0n) is 12.8. The standard InChI is InChI=1S/C17H26N2O/c1-3-5-8-12-17(13-9-6-4-2)16(20)18-15-11-7-10-14-19(15)17/h7,10-11,14H,3-6,8-9,12-13H2,1-2H3. The van der Waals surface area contributed by atoms with Crippen LogP contribution in [0.15, 0.2) is 29.4 Å². The first-order valence-corrected chi connectivity index (χ1v) is 8.02. The van der Waals surface area contributed by atoms with Crippen LogP contribution in [-0.2, 0) is 4.79 Å². The molecule has 0 spiro atoms. The Morgan fingerprint density at radius 3 is 2.30 bits per heavy atom. The molecule has 110 valence electrons. The van der Waals surface area contributed by atoms with Crippen LogP contribution in [0.2, 0.25) is 0 Å². The molecule has 2 heterocycles. The second-order valence-corrected chi connectivity index (χ2v) is 5.79. The number of rotatable bonds is 8. The van der Waals surface area contributed by atoms with Gasteiger partial charge in [-0.15, -0.1) is 0 Å². The maximum absolute atomic E-state index is 12.6. The fraction of sp³-hybridized carbons (Fsp3) is 0.647. The van der Waals surface area contributed by atoms with E-state index in [4.69, 9.17) is 0 Å². The van der Waals surface area contributed by atoms with Crippen molar-refractivity contribution in [3.05, 3.63) is 24.4 Å². The third-order valence-corrected chi connectivity index (χ3v) is 4.30. The number of fused-ring (bicyclic) bond motifs is 1. The summed E-state index contributed by atoms with van der Waals surface area (Å²) < 4.78 is 0. The van der Waals surface area contributed by atoms with E-state index >= 15 is 0 Å². The average molecular weight is 274 g/mol. The SMILES string of the molecule is CCCCCC1(CCCCC)C(=O)N=C2C=CC=CN21. The van der Waals surface area contributed by atoms with Gasteiger partial charge >= 0.3 is 0 Å². The number of hydrogen-bond donors (Lipinski definition) is 0. The van der Waals surface area contributed by atoms with Gasteiger partial charge in [0, 0.05) is 6.20 Å². The van der Waals surface area contributed by atoms with Gasteiger partial charge in [-0.05, 0) is 25.0 Å². The van der Waals surface area contributed by atoms with Gasteiger partial charge in [0.25, 0.3) is 5.91 Å². The highest BCUT2D eigenvalue weighted by molar-refractivity contribution is 6.12. The van der Waals surface area contributed by atoms with Crippen molar-refractivity contribution in [2.45, 2.75) is 70.8 Å². The van der Waals surface area contributed by atoms with Crippen LogP contribution >= 0.6 is 0 Å². The quantitative estimate of drug-likeness (QED) is 0.621. The number of hydrogen-bond acceptors (Lipinski definition) is 2. The van der Waals surface area contributed by atoms with E-state index in [1.54, 1.807) is 0 Å². The second-order valence-electron chi connectivity index (χ2n) is 5.79. The predicted octanol–water partition coefficient (Wildman–Crippen LogP) is 4.21. The lowest BCUT2D eigenvalue weighted by atomic mass is 9.84. The normalized spacial score (nSPS) is 19.4. The van der Waals surface area contributed by atoms with Gasteiger partial charge in [-0.3, -0.25) is 4.79 Å². The Morgan fingerprint density at radius 2 is 1.70 bits per heavy atom. The number of carbonyl (C=O) groups is 1. The highest BCUT2D eigenvalue weighted by atomic mass is 16.2. The van der Waals surface area contributed by atoms with Gasteiger partial charge in [-0.25, -0.2) is 0 Å². The summed E-state index contributed by atoms with van der Waals surface area (Å²) in [6.45, 7) is 4.40.